The SMILES string of the molecule is COc1ccccc1CN(C)CCCNc1ccccc1. The van der Waals surface area contributed by atoms with E-state index in [4.69, 9.17) is 4.74 Å². The second-order valence-corrected chi connectivity index (χ2v) is 5.20. The van der Waals surface area contributed by atoms with Gasteiger partial charge in [-0.2, -0.15) is 0 Å². The molecule has 0 atom stereocenters. The quantitative estimate of drug-likeness (QED) is 0.749. The molecule has 0 saturated heterocycles. The molecule has 0 heterocycles. The molecule has 3 nitrogen and oxygen atoms in total. The van der Waals surface area contributed by atoms with E-state index in [2.05, 4.69) is 53.7 Å². The van der Waals surface area contributed by atoms with E-state index in [0.717, 1.165) is 31.8 Å². The lowest BCUT2D eigenvalue weighted by Crippen LogP contribution is -2.21. The first-order valence-corrected chi connectivity index (χ1v) is 7.39. The van der Waals surface area contributed by atoms with Gasteiger partial charge < -0.3 is 15.0 Å². The molecular weight excluding hydrogens is 260 g/mol. The van der Waals surface area contributed by atoms with Gasteiger partial charge >= 0.3 is 0 Å². The summed E-state index contributed by atoms with van der Waals surface area (Å²) in [6.45, 7) is 2.95. The highest BCUT2D eigenvalue weighted by atomic mass is 16.5. The van der Waals surface area contributed by atoms with Crippen LogP contribution in [0.3, 0.4) is 0 Å². The summed E-state index contributed by atoms with van der Waals surface area (Å²) in [5.74, 6) is 0.965. The van der Waals surface area contributed by atoms with Crippen molar-refractivity contribution >= 4 is 5.69 Å². The number of nitrogens with zero attached hydrogens (tertiary/aromatic N) is 1. The van der Waals surface area contributed by atoms with Crippen molar-refractivity contribution < 1.29 is 4.74 Å². The van der Waals surface area contributed by atoms with Gasteiger partial charge in [-0.25, -0.2) is 0 Å². The molecule has 0 aliphatic heterocycles. The predicted molar refractivity (Wildman–Crippen MR) is 88.9 cm³/mol. The van der Waals surface area contributed by atoms with E-state index in [1.54, 1.807) is 7.11 Å². The zero-order chi connectivity index (χ0) is 14.9. The Labute approximate surface area is 127 Å². The highest BCUT2D eigenvalue weighted by Gasteiger charge is 2.05. The minimum absolute atomic E-state index is 0.912. The smallest absolute Gasteiger partial charge is 0.123 e. The average Bonchev–Trinajstić information content (AvgIpc) is 2.53. The Morgan fingerprint density at radius 2 is 1.71 bits per heavy atom. The zero-order valence-corrected chi connectivity index (χ0v) is 12.9. The molecule has 0 radical (unpaired) electrons. The molecule has 0 aromatic heterocycles. The van der Waals surface area contributed by atoms with Crippen LogP contribution in [0.15, 0.2) is 54.6 Å². The van der Waals surface area contributed by atoms with Crippen molar-refractivity contribution in [1.82, 2.24) is 4.90 Å². The van der Waals surface area contributed by atoms with Crippen molar-refractivity contribution in [2.75, 3.05) is 32.6 Å². The van der Waals surface area contributed by atoms with Crippen molar-refractivity contribution in [1.29, 1.82) is 0 Å². The molecule has 2 aromatic carbocycles. The van der Waals surface area contributed by atoms with Gasteiger partial charge in [0, 0.05) is 24.3 Å². The third-order valence-electron chi connectivity index (χ3n) is 3.45. The van der Waals surface area contributed by atoms with Gasteiger partial charge in [0.2, 0.25) is 0 Å². The Kier molecular flexibility index (Phi) is 6.10. The minimum Gasteiger partial charge on any atom is -0.496 e. The Bertz CT molecular complexity index is 528. The maximum absolute atomic E-state index is 5.39. The van der Waals surface area contributed by atoms with Crippen molar-refractivity contribution in [2.24, 2.45) is 0 Å². The maximum atomic E-state index is 5.39. The molecule has 0 fully saturated rings. The average molecular weight is 284 g/mol. The fourth-order valence-corrected chi connectivity index (χ4v) is 2.34. The van der Waals surface area contributed by atoms with E-state index in [1.807, 2.05) is 18.2 Å². The fraction of sp³-hybridized carbons (Fsp3) is 0.333. The van der Waals surface area contributed by atoms with Gasteiger partial charge in [0.15, 0.2) is 0 Å². The van der Waals surface area contributed by atoms with Gasteiger partial charge in [0.05, 0.1) is 7.11 Å². The molecule has 0 aliphatic rings. The maximum Gasteiger partial charge on any atom is 0.123 e. The molecule has 0 spiro atoms. The predicted octanol–water partition coefficient (Wildman–Crippen LogP) is 3.63. The van der Waals surface area contributed by atoms with E-state index < -0.39 is 0 Å². The van der Waals surface area contributed by atoms with E-state index in [1.165, 1.54) is 11.3 Å². The van der Waals surface area contributed by atoms with Crippen LogP contribution >= 0.6 is 0 Å². The molecule has 21 heavy (non-hydrogen) atoms. The first kappa shape index (κ1) is 15.4. The number of ether oxygens (including phenoxy) is 1. The van der Waals surface area contributed by atoms with Crippen LogP contribution in [-0.2, 0) is 6.54 Å². The summed E-state index contributed by atoms with van der Waals surface area (Å²) in [6, 6.07) is 18.5. The Morgan fingerprint density at radius 1 is 1.00 bits per heavy atom. The molecule has 0 unspecified atom stereocenters. The van der Waals surface area contributed by atoms with Crippen LogP contribution in [0, 0.1) is 0 Å². The summed E-state index contributed by atoms with van der Waals surface area (Å²) in [6.07, 6.45) is 1.11. The first-order chi connectivity index (χ1) is 10.3. The Balaban J connectivity index is 1.71. The van der Waals surface area contributed by atoms with Crippen LogP contribution < -0.4 is 10.1 Å². The zero-order valence-electron chi connectivity index (χ0n) is 12.9. The number of rotatable bonds is 8. The van der Waals surface area contributed by atoms with Gasteiger partial charge in [0.25, 0.3) is 0 Å². The molecule has 112 valence electrons. The highest BCUT2D eigenvalue weighted by Crippen LogP contribution is 2.18. The lowest BCUT2D eigenvalue weighted by molar-refractivity contribution is 0.316. The summed E-state index contributed by atoms with van der Waals surface area (Å²) < 4.78 is 5.39. The molecule has 2 rings (SSSR count). The summed E-state index contributed by atoms with van der Waals surface area (Å²) in [5.41, 5.74) is 2.42. The lowest BCUT2D eigenvalue weighted by Gasteiger charge is -2.18. The van der Waals surface area contributed by atoms with Crippen molar-refractivity contribution in [2.45, 2.75) is 13.0 Å². The fourth-order valence-electron chi connectivity index (χ4n) is 2.34. The monoisotopic (exact) mass is 284 g/mol. The molecule has 0 bridgehead atoms. The summed E-state index contributed by atoms with van der Waals surface area (Å²) in [5, 5.41) is 3.44. The van der Waals surface area contributed by atoms with Gasteiger partial charge in [-0.05, 0) is 38.2 Å². The standard InChI is InChI=1S/C18H24N2O/c1-20(15-16-9-6-7-12-18(16)21-2)14-8-13-19-17-10-4-3-5-11-17/h3-7,9-12,19H,8,13-15H2,1-2H3. The van der Waals surface area contributed by atoms with Crippen LogP contribution in [0.25, 0.3) is 0 Å². The minimum atomic E-state index is 0.912. The van der Waals surface area contributed by atoms with Crippen LogP contribution in [-0.4, -0.2) is 32.1 Å². The highest BCUT2D eigenvalue weighted by molar-refractivity contribution is 5.42. The van der Waals surface area contributed by atoms with Crippen molar-refractivity contribution in [3.63, 3.8) is 0 Å². The summed E-state index contributed by atoms with van der Waals surface area (Å²) in [4.78, 5) is 2.32. The van der Waals surface area contributed by atoms with Crippen LogP contribution in [0.5, 0.6) is 5.75 Å². The molecule has 0 saturated carbocycles. The lowest BCUT2D eigenvalue weighted by atomic mass is 10.2. The second kappa shape index (κ2) is 8.32. The van der Waals surface area contributed by atoms with Gasteiger partial charge in [-0.15, -0.1) is 0 Å². The Hall–Kier alpha value is -2.00. The van der Waals surface area contributed by atoms with E-state index >= 15 is 0 Å². The first-order valence-electron chi connectivity index (χ1n) is 7.39. The topological polar surface area (TPSA) is 24.5 Å². The normalized spacial score (nSPS) is 10.6. The largest absolute Gasteiger partial charge is 0.496 e. The summed E-state index contributed by atoms with van der Waals surface area (Å²) >= 11 is 0. The van der Waals surface area contributed by atoms with Crippen LogP contribution in [0.1, 0.15) is 12.0 Å². The second-order valence-electron chi connectivity index (χ2n) is 5.20. The molecule has 0 amide bonds. The third-order valence-corrected chi connectivity index (χ3v) is 3.45. The number of methoxy groups -OCH3 is 1. The Morgan fingerprint density at radius 3 is 2.48 bits per heavy atom. The van der Waals surface area contributed by atoms with Crippen molar-refractivity contribution in [3.8, 4) is 5.75 Å². The molecule has 1 N–H and O–H groups in total. The number of nitrogens with one attached hydrogen (secondary N) is 1. The molecule has 2 aromatic rings. The molecule has 3 heteroatoms. The number of anilines is 1. The van der Waals surface area contributed by atoms with E-state index in [0.29, 0.717) is 0 Å². The van der Waals surface area contributed by atoms with Gasteiger partial charge in [0.1, 0.15) is 5.75 Å². The van der Waals surface area contributed by atoms with E-state index in [9.17, 15) is 0 Å². The van der Waals surface area contributed by atoms with E-state index in [-0.39, 0.29) is 0 Å². The van der Waals surface area contributed by atoms with Gasteiger partial charge in [-0.3, -0.25) is 0 Å². The van der Waals surface area contributed by atoms with Crippen LogP contribution in [0.4, 0.5) is 5.69 Å². The van der Waals surface area contributed by atoms with Crippen LogP contribution in [0.2, 0.25) is 0 Å². The number of hydrogen-bond donors (Lipinski definition) is 1. The number of para-hydroxylation sites is 2. The third kappa shape index (κ3) is 5.12. The molecular formula is C18H24N2O. The van der Waals surface area contributed by atoms with Gasteiger partial charge in [-0.1, -0.05) is 36.4 Å². The number of hydrogen-bond acceptors (Lipinski definition) is 3. The number of benzene rings is 2. The summed E-state index contributed by atoms with van der Waals surface area (Å²) in [7, 11) is 3.87. The molecule has 0 aliphatic carbocycles. The van der Waals surface area contributed by atoms with Crippen molar-refractivity contribution in [3.05, 3.63) is 60.2 Å².